The SMILES string of the molecule is CCc1nc2c(Br)cc(C)cn2c1C(=O)N1CCC(C(N)=O)CC1. The van der Waals surface area contributed by atoms with Crippen LogP contribution in [-0.4, -0.2) is 39.2 Å². The second-order valence-electron chi connectivity index (χ2n) is 6.29. The highest BCUT2D eigenvalue weighted by Gasteiger charge is 2.29. The Morgan fingerprint density at radius 3 is 2.62 bits per heavy atom. The Labute approximate surface area is 149 Å². The van der Waals surface area contributed by atoms with Gasteiger partial charge in [0.05, 0.1) is 10.2 Å². The molecule has 2 aromatic heterocycles. The topological polar surface area (TPSA) is 80.7 Å². The number of fused-ring (bicyclic) bond motifs is 1. The van der Waals surface area contributed by atoms with Crippen LogP contribution in [0.1, 0.15) is 41.5 Å². The maximum atomic E-state index is 13.1. The zero-order valence-corrected chi connectivity index (χ0v) is 15.5. The molecule has 0 atom stereocenters. The summed E-state index contributed by atoms with van der Waals surface area (Å²) in [4.78, 5) is 30.8. The average Bonchev–Trinajstić information content (AvgIpc) is 2.93. The molecule has 6 nitrogen and oxygen atoms in total. The minimum Gasteiger partial charge on any atom is -0.369 e. The fourth-order valence-corrected chi connectivity index (χ4v) is 3.91. The number of carbonyl (C=O) groups excluding carboxylic acids is 2. The number of carbonyl (C=O) groups is 2. The third kappa shape index (κ3) is 2.92. The van der Waals surface area contributed by atoms with Crippen LogP contribution in [0.4, 0.5) is 0 Å². The van der Waals surface area contributed by atoms with Crippen molar-refractivity contribution in [1.82, 2.24) is 14.3 Å². The lowest BCUT2D eigenvalue weighted by atomic mass is 9.96. The van der Waals surface area contributed by atoms with Crippen molar-refractivity contribution >= 4 is 33.4 Å². The van der Waals surface area contributed by atoms with Crippen molar-refractivity contribution in [1.29, 1.82) is 0 Å². The van der Waals surface area contributed by atoms with Crippen LogP contribution in [0.15, 0.2) is 16.7 Å². The number of primary amides is 1. The molecule has 128 valence electrons. The molecule has 1 saturated heterocycles. The van der Waals surface area contributed by atoms with Crippen LogP contribution in [0.5, 0.6) is 0 Å². The van der Waals surface area contributed by atoms with Gasteiger partial charge in [-0.15, -0.1) is 0 Å². The summed E-state index contributed by atoms with van der Waals surface area (Å²) < 4.78 is 2.75. The van der Waals surface area contributed by atoms with E-state index in [0.717, 1.165) is 21.4 Å². The van der Waals surface area contributed by atoms with E-state index >= 15 is 0 Å². The number of aromatic nitrogens is 2. The van der Waals surface area contributed by atoms with E-state index in [-0.39, 0.29) is 17.7 Å². The Morgan fingerprint density at radius 1 is 1.38 bits per heavy atom. The Morgan fingerprint density at radius 2 is 2.04 bits per heavy atom. The van der Waals surface area contributed by atoms with Gasteiger partial charge in [-0.2, -0.15) is 0 Å². The summed E-state index contributed by atoms with van der Waals surface area (Å²) in [6, 6.07) is 1.99. The van der Waals surface area contributed by atoms with Crippen molar-refractivity contribution < 1.29 is 9.59 Å². The molecule has 2 N–H and O–H groups in total. The van der Waals surface area contributed by atoms with Gasteiger partial charge in [0.1, 0.15) is 5.69 Å². The molecule has 1 aliphatic rings. The number of imidazole rings is 1. The second-order valence-corrected chi connectivity index (χ2v) is 7.14. The minimum atomic E-state index is -0.272. The van der Waals surface area contributed by atoms with Gasteiger partial charge >= 0.3 is 0 Å². The van der Waals surface area contributed by atoms with Gasteiger partial charge in [0.15, 0.2) is 5.65 Å². The smallest absolute Gasteiger partial charge is 0.272 e. The monoisotopic (exact) mass is 392 g/mol. The van der Waals surface area contributed by atoms with Gasteiger partial charge in [-0.3, -0.25) is 14.0 Å². The molecule has 24 heavy (non-hydrogen) atoms. The van der Waals surface area contributed by atoms with Crippen molar-refractivity contribution in [3.63, 3.8) is 0 Å². The summed E-state index contributed by atoms with van der Waals surface area (Å²) in [6.07, 6.45) is 3.88. The van der Waals surface area contributed by atoms with Crippen molar-refractivity contribution in [3.05, 3.63) is 33.7 Å². The molecule has 0 unspecified atom stereocenters. The number of pyridine rings is 1. The molecule has 1 fully saturated rings. The third-order valence-electron chi connectivity index (χ3n) is 4.61. The number of aryl methyl sites for hydroxylation is 2. The van der Waals surface area contributed by atoms with E-state index in [1.165, 1.54) is 0 Å². The maximum Gasteiger partial charge on any atom is 0.272 e. The zero-order chi connectivity index (χ0) is 17.4. The lowest BCUT2D eigenvalue weighted by molar-refractivity contribution is -0.123. The van der Waals surface area contributed by atoms with E-state index in [1.54, 1.807) is 4.90 Å². The number of hydrogen-bond donors (Lipinski definition) is 1. The fraction of sp³-hybridized carbons (Fsp3) is 0.471. The molecule has 0 aromatic carbocycles. The summed E-state index contributed by atoms with van der Waals surface area (Å²) in [7, 11) is 0. The summed E-state index contributed by atoms with van der Waals surface area (Å²) in [5, 5.41) is 0. The van der Waals surface area contributed by atoms with Gasteiger partial charge < -0.3 is 10.6 Å². The molecule has 0 radical (unpaired) electrons. The number of likely N-dealkylation sites (tertiary alicyclic amines) is 1. The van der Waals surface area contributed by atoms with Crippen LogP contribution >= 0.6 is 15.9 Å². The van der Waals surface area contributed by atoms with Crippen LogP contribution in [0.25, 0.3) is 5.65 Å². The van der Waals surface area contributed by atoms with Gasteiger partial charge in [-0.1, -0.05) is 6.92 Å². The Bertz CT molecular complexity index is 807. The van der Waals surface area contributed by atoms with Crippen molar-refractivity contribution in [3.8, 4) is 0 Å². The Balaban J connectivity index is 1.97. The molecule has 1 aliphatic heterocycles. The van der Waals surface area contributed by atoms with Crippen LogP contribution in [0.2, 0.25) is 0 Å². The number of halogens is 1. The number of piperidine rings is 1. The van der Waals surface area contributed by atoms with Gasteiger partial charge in [-0.25, -0.2) is 4.98 Å². The predicted molar refractivity (Wildman–Crippen MR) is 94.8 cm³/mol. The molecule has 7 heteroatoms. The Hall–Kier alpha value is -1.89. The number of amides is 2. The first-order valence-electron chi connectivity index (χ1n) is 8.18. The summed E-state index contributed by atoms with van der Waals surface area (Å²) in [5.41, 5.74) is 8.60. The molecule has 2 amide bonds. The zero-order valence-electron chi connectivity index (χ0n) is 13.9. The van der Waals surface area contributed by atoms with Crippen LogP contribution in [0, 0.1) is 12.8 Å². The summed E-state index contributed by atoms with van der Waals surface area (Å²) >= 11 is 3.53. The quantitative estimate of drug-likeness (QED) is 0.869. The van der Waals surface area contributed by atoms with Crippen molar-refractivity contribution in [2.75, 3.05) is 13.1 Å². The largest absolute Gasteiger partial charge is 0.369 e. The molecule has 0 spiro atoms. The first kappa shape index (κ1) is 17.0. The minimum absolute atomic E-state index is 0.0280. The molecule has 2 aromatic rings. The maximum absolute atomic E-state index is 13.1. The molecular formula is C17H21BrN4O2. The van der Waals surface area contributed by atoms with Gasteiger partial charge in [0.2, 0.25) is 5.91 Å². The number of hydrogen-bond acceptors (Lipinski definition) is 3. The van der Waals surface area contributed by atoms with E-state index in [4.69, 9.17) is 5.73 Å². The number of rotatable bonds is 3. The Kier molecular flexibility index (Phi) is 4.62. The van der Waals surface area contributed by atoms with Crippen LogP contribution < -0.4 is 5.73 Å². The highest BCUT2D eigenvalue weighted by molar-refractivity contribution is 9.10. The predicted octanol–water partition coefficient (Wildman–Crippen LogP) is 2.31. The standard InChI is InChI=1S/C17H21BrN4O2/c1-3-13-14(22-9-10(2)8-12(18)16(22)20-13)17(24)21-6-4-11(5-7-21)15(19)23/h8-9,11H,3-7H2,1-2H3,(H2,19,23). The van der Waals surface area contributed by atoms with E-state index in [1.807, 2.05) is 30.5 Å². The van der Waals surface area contributed by atoms with Crippen LogP contribution in [0.3, 0.4) is 0 Å². The molecule has 3 rings (SSSR count). The lowest BCUT2D eigenvalue weighted by Gasteiger charge is -2.30. The summed E-state index contributed by atoms with van der Waals surface area (Å²) in [6.45, 7) is 5.09. The number of nitrogens with two attached hydrogens (primary N) is 1. The highest BCUT2D eigenvalue weighted by atomic mass is 79.9. The molecule has 0 bridgehead atoms. The second kappa shape index (κ2) is 6.55. The van der Waals surface area contributed by atoms with E-state index in [9.17, 15) is 9.59 Å². The highest BCUT2D eigenvalue weighted by Crippen LogP contribution is 2.25. The van der Waals surface area contributed by atoms with E-state index < -0.39 is 0 Å². The molecule has 0 saturated carbocycles. The molecular weight excluding hydrogens is 372 g/mol. The van der Waals surface area contributed by atoms with Gasteiger partial charge in [0, 0.05) is 25.2 Å². The number of nitrogens with zero attached hydrogens (tertiary/aromatic N) is 3. The van der Waals surface area contributed by atoms with Gasteiger partial charge in [-0.05, 0) is 53.7 Å². The third-order valence-corrected chi connectivity index (χ3v) is 5.19. The van der Waals surface area contributed by atoms with Crippen molar-refractivity contribution in [2.45, 2.75) is 33.1 Å². The normalized spacial score (nSPS) is 15.9. The molecule has 0 aliphatic carbocycles. The first-order valence-corrected chi connectivity index (χ1v) is 8.97. The van der Waals surface area contributed by atoms with E-state index in [2.05, 4.69) is 20.9 Å². The van der Waals surface area contributed by atoms with Crippen molar-refractivity contribution in [2.24, 2.45) is 11.7 Å². The van der Waals surface area contributed by atoms with E-state index in [0.29, 0.717) is 38.0 Å². The van der Waals surface area contributed by atoms with Gasteiger partial charge in [0.25, 0.3) is 5.91 Å². The average molecular weight is 393 g/mol. The summed E-state index contributed by atoms with van der Waals surface area (Å²) in [5.74, 6) is -0.427. The van der Waals surface area contributed by atoms with Crippen LogP contribution in [-0.2, 0) is 11.2 Å². The molecule has 3 heterocycles. The first-order chi connectivity index (χ1) is 11.4. The fourth-order valence-electron chi connectivity index (χ4n) is 3.27. The lowest BCUT2D eigenvalue weighted by Crippen LogP contribution is -2.42.